The Hall–Kier alpha value is -1.73. The number of nitrogens with zero attached hydrogens (tertiary/aromatic N) is 1. The van der Waals surface area contributed by atoms with E-state index in [1.165, 1.54) is 6.07 Å². The summed E-state index contributed by atoms with van der Waals surface area (Å²) in [6.07, 6.45) is 0. The smallest absolute Gasteiger partial charge is 0.244 e. The molecule has 1 fully saturated rings. The van der Waals surface area contributed by atoms with Gasteiger partial charge in [0.2, 0.25) is 21.8 Å². The average Bonchev–Trinajstić information content (AvgIpc) is 2.37. The minimum atomic E-state index is -3.83. The molecule has 0 aromatic heterocycles. The second kappa shape index (κ2) is 5.34. The third-order valence-corrected chi connectivity index (χ3v) is 4.87. The summed E-state index contributed by atoms with van der Waals surface area (Å²) in [4.78, 5) is 22.7. The highest BCUT2D eigenvalue weighted by Gasteiger charge is 2.32. The first-order chi connectivity index (χ1) is 9.30. The molecule has 1 aromatic carbocycles. The number of hydrogen-bond donors (Lipinski definition) is 1. The fraction of sp³-hybridized carbons (Fsp3) is 0.385. The summed E-state index contributed by atoms with van der Waals surface area (Å²) < 4.78 is 25.8. The lowest BCUT2D eigenvalue weighted by Gasteiger charge is -2.25. The zero-order valence-electron chi connectivity index (χ0n) is 11.3. The summed E-state index contributed by atoms with van der Waals surface area (Å²) in [6.45, 7) is 3.26. The van der Waals surface area contributed by atoms with Crippen molar-refractivity contribution in [2.24, 2.45) is 0 Å². The van der Waals surface area contributed by atoms with Crippen LogP contribution in [0.3, 0.4) is 0 Å². The Labute approximate surface area is 117 Å². The third-order valence-electron chi connectivity index (χ3n) is 3.08. The van der Waals surface area contributed by atoms with Crippen molar-refractivity contribution in [2.75, 3.05) is 13.1 Å². The first-order valence-electron chi connectivity index (χ1n) is 6.23. The lowest BCUT2D eigenvalue weighted by atomic mass is 10.0. The highest BCUT2D eigenvalue weighted by Crippen LogP contribution is 2.21. The van der Waals surface area contributed by atoms with Gasteiger partial charge in [0.25, 0.3) is 0 Å². The number of piperazine rings is 1. The number of imide groups is 1. The van der Waals surface area contributed by atoms with Gasteiger partial charge in [-0.3, -0.25) is 14.9 Å². The van der Waals surface area contributed by atoms with Gasteiger partial charge in [0.1, 0.15) is 0 Å². The molecule has 2 amide bonds. The predicted octanol–water partition coefficient (Wildman–Crippen LogP) is 0.457. The van der Waals surface area contributed by atoms with Gasteiger partial charge in [-0.2, -0.15) is 4.31 Å². The molecule has 2 rings (SSSR count). The molecule has 0 aliphatic carbocycles. The van der Waals surface area contributed by atoms with Crippen molar-refractivity contribution >= 4 is 21.8 Å². The maximum absolute atomic E-state index is 12.4. The van der Waals surface area contributed by atoms with Crippen molar-refractivity contribution in [1.82, 2.24) is 9.62 Å². The van der Waals surface area contributed by atoms with E-state index in [0.717, 1.165) is 9.87 Å². The SMILES string of the molecule is CC(C)c1cccc(S(=O)(=O)N2CC(=O)NC(=O)C2)c1. The van der Waals surface area contributed by atoms with E-state index in [4.69, 9.17) is 0 Å². The summed E-state index contributed by atoms with van der Waals surface area (Å²) in [5, 5.41) is 2.08. The van der Waals surface area contributed by atoms with Crippen molar-refractivity contribution in [3.05, 3.63) is 29.8 Å². The molecule has 7 heteroatoms. The number of nitrogens with one attached hydrogen (secondary N) is 1. The highest BCUT2D eigenvalue weighted by atomic mass is 32.2. The van der Waals surface area contributed by atoms with E-state index in [0.29, 0.717) is 0 Å². The zero-order valence-corrected chi connectivity index (χ0v) is 12.1. The van der Waals surface area contributed by atoms with Gasteiger partial charge < -0.3 is 0 Å². The molecule has 0 saturated carbocycles. The molecule has 0 spiro atoms. The van der Waals surface area contributed by atoms with Crippen molar-refractivity contribution in [3.8, 4) is 0 Å². The first-order valence-corrected chi connectivity index (χ1v) is 7.67. The summed E-state index contributed by atoms with van der Waals surface area (Å²) in [5.41, 5.74) is 0.888. The first kappa shape index (κ1) is 14.7. The van der Waals surface area contributed by atoms with Gasteiger partial charge in [-0.15, -0.1) is 0 Å². The predicted molar refractivity (Wildman–Crippen MR) is 72.4 cm³/mol. The zero-order chi connectivity index (χ0) is 14.9. The van der Waals surface area contributed by atoms with Crippen LogP contribution in [0.5, 0.6) is 0 Å². The number of rotatable bonds is 3. The Bertz CT molecular complexity index is 636. The maximum atomic E-state index is 12.4. The van der Waals surface area contributed by atoms with Crippen molar-refractivity contribution in [1.29, 1.82) is 0 Å². The minimum absolute atomic E-state index is 0.103. The molecule has 0 atom stereocenters. The summed E-state index contributed by atoms with van der Waals surface area (Å²) in [5.74, 6) is -1.02. The van der Waals surface area contributed by atoms with Gasteiger partial charge in [-0.05, 0) is 23.6 Å². The monoisotopic (exact) mass is 296 g/mol. The molecule has 108 valence electrons. The third kappa shape index (κ3) is 2.88. The second-order valence-electron chi connectivity index (χ2n) is 4.97. The molecule has 6 nitrogen and oxygen atoms in total. The summed E-state index contributed by atoms with van der Waals surface area (Å²) >= 11 is 0. The molecule has 1 heterocycles. The van der Waals surface area contributed by atoms with Crippen LogP contribution in [0.1, 0.15) is 25.3 Å². The van der Waals surface area contributed by atoms with Gasteiger partial charge in [0.05, 0.1) is 18.0 Å². The molecule has 1 aliphatic rings. The number of amides is 2. The molecule has 0 unspecified atom stereocenters. The van der Waals surface area contributed by atoms with Crippen LogP contribution in [0, 0.1) is 0 Å². The molecular formula is C13H16N2O4S. The van der Waals surface area contributed by atoms with Crippen LogP contribution in [0.25, 0.3) is 0 Å². The van der Waals surface area contributed by atoms with Crippen molar-refractivity contribution in [3.63, 3.8) is 0 Å². The minimum Gasteiger partial charge on any atom is -0.294 e. The van der Waals surface area contributed by atoms with Crippen LogP contribution in [0.15, 0.2) is 29.2 Å². The van der Waals surface area contributed by atoms with Crippen LogP contribution in [-0.4, -0.2) is 37.6 Å². The van der Waals surface area contributed by atoms with E-state index < -0.39 is 21.8 Å². The number of benzene rings is 1. The normalized spacial score (nSPS) is 17.4. The number of hydrogen-bond acceptors (Lipinski definition) is 4. The largest absolute Gasteiger partial charge is 0.294 e. The Morgan fingerprint density at radius 2 is 1.75 bits per heavy atom. The molecule has 0 bridgehead atoms. The van der Waals surface area contributed by atoms with Gasteiger partial charge in [-0.1, -0.05) is 26.0 Å². The molecular weight excluding hydrogens is 280 g/mol. The number of carbonyl (C=O) groups excluding carboxylic acids is 2. The van der Waals surface area contributed by atoms with Gasteiger partial charge >= 0.3 is 0 Å². The molecule has 1 N–H and O–H groups in total. The van der Waals surface area contributed by atoms with Crippen LogP contribution in [-0.2, 0) is 19.6 Å². The quantitative estimate of drug-likeness (QED) is 0.821. The molecule has 20 heavy (non-hydrogen) atoms. The molecule has 1 aromatic rings. The molecule has 1 aliphatic heterocycles. The van der Waals surface area contributed by atoms with Crippen molar-refractivity contribution in [2.45, 2.75) is 24.7 Å². The van der Waals surface area contributed by atoms with E-state index in [1.807, 2.05) is 19.9 Å². The van der Waals surface area contributed by atoms with E-state index >= 15 is 0 Å². The second-order valence-corrected chi connectivity index (χ2v) is 6.91. The lowest BCUT2D eigenvalue weighted by molar-refractivity contribution is -0.134. The van der Waals surface area contributed by atoms with Crippen LogP contribution in [0.2, 0.25) is 0 Å². The van der Waals surface area contributed by atoms with Crippen LogP contribution >= 0.6 is 0 Å². The number of sulfonamides is 1. The van der Waals surface area contributed by atoms with Gasteiger partial charge in [0, 0.05) is 0 Å². The molecule has 1 saturated heterocycles. The van der Waals surface area contributed by atoms with Gasteiger partial charge in [-0.25, -0.2) is 8.42 Å². The Kier molecular flexibility index (Phi) is 3.92. The number of carbonyl (C=O) groups is 2. The Morgan fingerprint density at radius 1 is 1.15 bits per heavy atom. The lowest BCUT2D eigenvalue weighted by Crippen LogP contribution is -2.53. The van der Waals surface area contributed by atoms with E-state index in [2.05, 4.69) is 5.32 Å². The fourth-order valence-corrected chi connectivity index (χ4v) is 3.37. The summed E-state index contributed by atoms with van der Waals surface area (Å²) in [6, 6.07) is 6.56. The van der Waals surface area contributed by atoms with E-state index in [-0.39, 0.29) is 23.9 Å². The Morgan fingerprint density at radius 3 is 2.30 bits per heavy atom. The average molecular weight is 296 g/mol. The van der Waals surface area contributed by atoms with Crippen LogP contribution < -0.4 is 5.32 Å². The fourth-order valence-electron chi connectivity index (χ4n) is 1.96. The highest BCUT2D eigenvalue weighted by molar-refractivity contribution is 7.89. The van der Waals surface area contributed by atoms with E-state index in [9.17, 15) is 18.0 Å². The summed E-state index contributed by atoms with van der Waals surface area (Å²) in [7, 11) is -3.83. The molecule has 0 radical (unpaired) electrons. The Balaban J connectivity index is 2.37. The standard InChI is InChI=1S/C13H16N2O4S/c1-9(2)10-4-3-5-11(6-10)20(18,19)15-7-12(16)14-13(17)8-15/h3-6,9H,7-8H2,1-2H3,(H,14,16,17). The topological polar surface area (TPSA) is 83.6 Å². The van der Waals surface area contributed by atoms with E-state index in [1.54, 1.807) is 12.1 Å². The van der Waals surface area contributed by atoms with Crippen molar-refractivity contribution < 1.29 is 18.0 Å². The van der Waals surface area contributed by atoms with Crippen LogP contribution in [0.4, 0.5) is 0 Å². The van der Waals surface area contributed by atoms with Gasteiger partial charge in [0.15, 0.2) is 0 Å². The maximum Gasteiger partial charge on any atom is 0.244 e.